The summed E-state index contributed by atoms with van der Waals surface area (Å²) in [6, 6.07) is 0.660. The topological polar surface area (TPSA) is 15.3 Å². The molecule has 0 aliphatic carbocycles. The van der Waals surface area contributed by atoms with Crippen molar-refractivity contribution < 1.29 is 0 Å². The molecule has 0 radical (unpaired) electrons. The van der Waals surface area contributed by atoms with E-state index in [9.17, 15) is 0 Å². The number of nitrogens with zero attached hydrogens (tertiary/aromatic N) is 1. The lowest BCUT2D eigenvalue weighted by molar-refractivity contribution is 0.0752. The normalized spacial score (nSPS) is 26.1. The molecule has 0 saturated carbocycles. The molecule has 0 bridgehead atoms. The van der Waals surface area contributed by atoms with E-state index in [1.54, 1.807) is 0 Å². The van der Waals surface area contributed by atoms with Crippen LogP contribution in [-0.4, -0.2) is 47.1 Å². The van der Waals surface area contributed by atoms with E-state index in [4.69, 9.17) is 0 Å². The van der Waals surface area contributed by atoms with Gasteiger partial charge in [-0.15, -0.1) is 0 Å². The molecule has 1 N–H and O–H groups in total. The van der Waals surface area contributed by atoms with Crippen molar-refractivity contribution in [2.45, 2.75) is 63.8 Å². The van der Waals surface area contributed by atoms with Crippen molar-refractivity contribution in [1.82, 2.24) is 10.2 Å². The molecule has 1 heterocycles. The van der Waals surface area contributed by atoms with Gasteiger partial charge in [0.15, 0.2) is 0 Å². The van der Waals surface area contributed by atoms with Gasteiger partial charge in [0.1, 0.15) is 0 Å². The average molecular weight is 258 g/mol. The zero-order chi connectivity index (χ0) is 13.1. The molecule has 17 heavy (non-hydrogen) atoms. The molecule has 1 atom stereocenters. The third kappa shape index (κ3) is 3.87. The summed E-state index contributed by atoms with van der Waals surface area (Å²) in [5.74, 6) is 0. The van der Waals surface area contributed by atoms with E-state index in [2.05, 4.69) is 51.1 Å². The Labute approximate surface area is 112 Å². The lowest BCUT2D eigenvalue weighted by Gasteiger charge is -2.48. The molecule has 0 aromatic carbocycles. The SMILES string of the molecule is CCC1(CC)CN(CC(C)(C)SC)C(C)CN1. The van der Waals surface area contributed by atoms with Gasteiger partial charge in [0.05, 0.1) is 0 Å². The molecule has 1 rings (SSSR count). The van der Waals surface area contributed by atoms with Gasteiger partial charge in [-0.25, -0.2) is 0 Å². The second kappa shape index (κ2) is 5.94. The summed E-state index contributed by atoms with van der Waals surface area (Å²) >= 11 is 1.98. The maximum Gasteiger partial charge on any atom is 0.0304 e. The Hall–Kier alpha value is 0.270. The molecule has 0 aromatic heterocycles. The van der Waals surface area contributed by atoms with Gasteiger partial charge in [-0.05, 0) is 39.9 Å². The molecule has 3 heteroatoms. The highest BCUT2D eigenvalue weighted by molar-refractivity contribution is 7.99. The van der Waals surface area contributed by atoms with Gasteiger partial charge in [-0.1, -0.05) is 13.8 Å². The zero-order valence-electron chi connectivity index (χ0n) is 12.5. The van der Waals surface area contributed by atoms with Gasteiger partial charge in [-0.3, -0.25) is 4.90 Å². The van der Waals surface area contributed by atoms with Gasteiger partial charge < -0.3 is 5.32 Å². The predicted octanol–water partition coefficient (Wildman–Crippen LogP) is 2.98. The van der Waals surface area contributed by atoms with Crippen LogP contribution in [0.4, 0.5) is 0 Å². The molecule has 1 aliphatic rings. The van der Waals surface area contributed by atoms with E-state index in [1.807, 2.05) is 11.8 Å². The number of piperazine rings is 1. The third-order valence-corrected chi connectivity index (χ3v) is 5.63. The second-order valence-electron chi connectivity index (χ2n) is 6.09. The molecule has 2 nitrogen and oxygen atoms in total. The first kappa shape index (κ1) is 15.3. The fraction of sp³-hybridized carbons (Fsp3) is 1.00. The summed E-state index contributed by atoms with van der Waals surface area (Å²) in [6.45, 7) is 15.2. The lowest BCUT2D eigenvalue weighted by atomic mass is 9.88. The molecule has 102 valence electrons. The Kier molecular flexibility index (Phi) is 5.36. The van der Waals surface area contributed by atoms with Gasteiger partial charge in [0, 0.05) is 36.0 Å². The zero-order valence-corrected chi connectivity index (χ0v) is 13.3. The molecule has 0 aromatic rings. The first-order chi connectivity index (χ1) is 7.88. The van der Waals surface area contributed by atoms with Crippen LogP contribution in [-0.2, 0) is 0 Å². The lowest BCUT2D eigenvalue weighted by Crippen LogP contribution is -2.64. The fourth-order valence-electron chi connectivity index (χ4n) is 2.58. The highest BCUT2D eigenvalue weighted by Gasteiger charge is 2.36. The highest BCUT2D eigenvalue weighted by atomic mass is 32.2. The van der Waals surface area contributed by atoms with Crippen molar-refractivity contribution >= 4 is 11.8 Å². The Balaban J connectivity index is 2.70. The first-order valence-electron chi connectivity index (χ1n) is 6.92. The molecule has 1 aliphatic heterocycles. The van der Waals surface area contributed by atoms with Crippen molar-refractivity contribution in [1.29, 1.82) is 0 Å². The van der Waals surface area contributed by atoms with Crippen LogP contribution in [0.25, 0.3) is 0 Å². The minimum absolute atomic E-state index is 0.348. The minimum atomic E-state index is 0.348. The monoisotopic (exact) mass is 258 g/mol. The van der Waals surface area contributed by atoms with Gasteiger partial charge >= 0.3 is 0 Å². The van der Waals surface area contributed by atoms with Crippen LogP contribution in [0.15, 0.2) is 0 Å². The summed E-state index contributed by atoms with van der Waals surface area (Å²) in [5.41, 5.74) is 0.348. The van der Waals surface area contributed by atoms with E-state index >= 15 is 0 Å². The molecule has 1 saturated heterocycles. The Morgan fingerprint density at radius 3 is 2.41 bits per heavy atom. The molecular formula is C14H30N2S. The molecule has 1 unspecified atom stereocenters. The van der Waals surface area contributed by atoms with E-state index in [-0.39, 0.29) is 0 Å². The van der Waals surface area contributed by atoms with Crippen LogP contribution in [0, 0.1) is 0 Å². The van der Waals surface area contributed by atoms with Crippen LogP contribution >= 0.6 is 11.8 Å². The number of thioether (sulfide) groups is 1. The quantitative estimate of drug-likeness (QED) is 0.816. The molecule has 0 spiro atoms. The van der Waals surface area contributed by atoms with Gasteiger partial charge in [0.2, 0.25) is 0 Å². The molecule has 0 amide bonds. The summed E-state index contributed by atoms with van der Waals surface area (Å²) < 4.78 is 0.360. The van der Waals surface area contributed by atoms with Gasteiger partial charge in [-0.2, -0.15) is 11.8 Å². The predicted molar refractivity (Wildman–Crippen MR) is 79.9 cm³/mol. The maximum atomic E-state index is 3.77. The van der Waals surface area contributed by atoms with Crippen LogP contribution in [0.5, 0.6) is 0 Å². The van der Waals surface area contributed by atoms with Crippen LogP contribution < -0.4 is 5.32 Å². The van der Waals surface area contributed by atoms with Crippen molar-refractivity contribution in [2.75, 3.05) is 25.9 Å². The summed E-state index contributed by atoms with van der Waals surface area (Å²) in [6.07, 6.45) is 4.68. The Morgan fingerprint density at radius 2 is 1.94 bits per heavy atom. The third-order valence-electron chi connectivity index (χ3n) is 4.39. The Bertz CT molecular complexity index is 236. The molecular weight excluding hydrogens is 228 g/mol. The summed E-state index contributed by atoms with van der Waals surface area (Å²) in [4.78, 5) is 2.68. The number of rotatable bonds is 5. The second-order valence-corrected chi connectivity index (χ2v) is 7.60. The van der Waals surface area contributed by atoms with Crippen molar-refractivity contribution in [3.63, 3.8) is 0 Å². The van der Waals surface area contributed by atoms with Crippen LogP contribution in [0.1, 0.15) is 47.5 Å². The van der Waals surface area contributed by atoms with E-state index in [1.165, 1.54) is 25.9 Å². The fourth-order valence-corrected chi connectivity index (χ4v) is 2.88. The number of hydrogen-bond donors (Lipinski definition) is 1. The van der Waals surface area contributed by atoms with E-state index < -0.39 is 0 Å². The van der Waals surface area contributed by atoms with Crippen molar-refractivity contribution in [2.24, 2.45) is 0 Å². The summed E-state index contributed by atoms with van der Waals surface area (Å²) in [5, 5.41) is 3.77. The van der Waals surface area contributed by atoms with E-state index in [0.717, 1.165) is 6.54 Å². The van der Waals surface area contributed by atoms with Crippen molar-refractivity contribution in [3.05, 3.63) is 0 Å². The largest absolute Gasteiger partial charge is 0.308 e. The molecule has 1 fully saturated rings. The highest BCUT2D eigenvalue weighted by Crippen LogP contribution is 2.28. The maximum absolute atomic E-state index is 3.77. The van der Waals surface area contributed by atoms with Gasteiger partial charge in [0.25, 0.3) is 0 Å². The van der Waals surface area contributed by atoms with Crippen LogP contribution in [0.2, 0.25) is 0 Å². The van der Waals surface area contributed by atoms with E-state index in [0.29, 0.717) is 16.3 Å². The summed E-state index contributed by atoms with van der Waals surface area (Å²) in [7, 11) is 0. The number of nitrogens with one attached hydrogen (secondary N) is 1. The number of hydrogen-bond acceptors (Lipinski definition) is 3. The van der Waals surface area contributed by atoms with Crippen molar-refractivity contribution in [3.8, 4) is 0 Å². The minimum Gasteiger partial charge on any atom is -0.308 e. The first-order valence-corrected chi connectivity index (χ1v) is 8.15. The van der Waals surface area contributed by atoms with Crippen LogP contribution in [0.3, 0.4) is 0 Å². The standard InChI is InChI=1S/C14H30N2S/c1-7-14(8-2)11-16(12(3)9-15-14)10-13(4,5)17-6/h12,15H,7-11H2,1-6H3. The smallest absolute Gasteiger partial charge is 0.0304 e. The Morgan fingerprint density at radius 1 is 1.35 bits per heavy atom. The average Bonchev–Trinajstić information content (AvgIpc) is 2.32.